The van der Waals surface area contributed by atoms with E-state index in [1.54, 1.807) is 23.0 Å². The first-order valence-corrected chi connectivity index (χ1v) is 4.06. The van der Waals surface area contributed by atoms with Crippen LogP contribution in [0.1, 0.15) is 17.4 Å². The predicted octanol–water partition coefficient (Wildman–Crippen LogP) is 1.59. The summed E-state index contributed by atoms with van der Waals surface area (Å²) >= 11 is 5.79. The van der Waals surface area contributed by atoms with E-state index in [0.29, 0.717) is 11.2 Å². The van der Waals surface area contributed by atoms with Gasteiger partial charge in [0.15, 0.2) is 5.78 Å². The zero-order chi connectivity index (χ0) is 9.42. The zero-order valence-corrected chi connectivity index (χ0v) is 7.62. The fraction of sp³-hybridized carbons (Fsp3) is 0.125. The van der Waals surface area contributed by atoms with Crippen molar-refractivity contribution in [2.75, 3.05) is 0 Å². The minimum Gasteiger partial charge on any atom is -0.293 e. The Hall–Kier alpha value is -1.42. The average molecular weight is 196 g/mol. The first kappa shape index (κ1) is 8.19. The van der Waals surface area contributed by atoms with Crippen molar-refractivity contribution in [1.29, 1.82) is 0 Å². The van der Waals surface area contributed by atoms with Gasteiger partial charge in [-0.05, 0) is 11.6 Å². The molecule has 0 aliphatic carbocycles. The third-order valence-electron chi connectivity index (χ3n) is 1.74. The predicted molar refractivity (Wildman–Crippen MR) is 48.0 cm³/mol. The van der Waals surface area contributed by atoms with E-state index in [1.165, 1.54) is 6.92 Å². The molecule has 0 saturated carbocycles. The molecule has 2 aromatic rings. The second-order valence-electron chi connectivity index (χ2n) is 2.62. The molecule has 0 amide bonds. The van der Waals surface area contributed by atoms with Crippen LogP contribution < -0.4 is 0 Å². The lowest BCUT2D eigenvalue weighted by Crippen LogP contribution is -1.93. The van der Waals surface area contributed by atoms with Gasteiger partial charge >= 0.3 is 0 Å². The van der Waals surface area contributed by atoms with Gasteiger partial charge in [0.25, 0.3) is 0 Å². The quantitative estimate of drug-likeness (QED) is 0.650. The molecule has 0 radical (unpaired) electrons. The van der Waals surface area contributed by atoms with Gasteiger partial charge in [-0.3, -0.25) is 14.2 Å². The Morgan fingerprint density at radius 3 is 3.08 bits per heavy atom. The van der Waals surface area contributed by atoms with Crippen LogP contribution >= 0.6 is 11.6 Å². The minimum atomic E-state index is -0.114. The van der Waals surface area contributed by atoms with Crippen LogP contribution in [0.15, 0.2) is 18.6 Å². The highest BCUT2D eigenvalue weighted by Gasteiger charge is 2.12. The van der Waals surface area contributed by atoms with E-state index in [1.807, 2.05) is 0 Å². The van der Waals surface area contributed by atoms with Gasteiger partial charge in [0.05, 0.1) is 11.7 Å². The van der Waals surface area contributed by atoms with Gasteiger partial charge < -0.3 is 0 Å². The summed E-state index contributed by atoms with van der Waals surface area (Å²) in [7, 11) is 0. The summed E-state index contributed by atoms with van der Waals surface area (Å²) in [5.74, 6) is -0.114. The van der Waals surface area contributed by atoms with E-state index in [2.05, 4.69) is 9.97 Å². The van der Waals surface area contributed by atoms with Gasteiger partial charge in [0, 0.05) is 19.3 Å². The van der Waals surface area contributed by atoms with Crippen molar-refractivity contribution in [3.8, 4) is 0 Å². The van der Waals surface area contributed by atoms with Gasteiger partial charge in [0.1, 0.15) is 5.69 Å². The van der Waals surface area contributed by atoms with Crippen LogP contribution in [0, 0.1) is 0 Å². The van der Waals surface area contributed by atoms with Gasteiger partial charge in [-0.2, -0.15) is 0 Å². The first-order valence-electron chi connectivity index (χ1n) is 3.68. The van der Waals surface area contributed by atoms with E-state index in [9.17, 15) is 4.79 Å². The molecule has 0 spiro atoms. The van der Waals surface area contributed by atoms with Crippen molar-refractivity contribution >= 4 is 22.9 Å². The zero-order valence-electron chi connectivity index (χ0n) is 6.86. The van der Waals surface area contributed by atoms with E-state index in [4.69, 9.17) is 11.6 Å². The number of Topliss-reactive ketones (excluding diaryl/α,β-unsaturated/α-hetero) is 1. The van der Waals surface area contributed by atoms with Crippen molar-refractivity contribution in [2.45, 2.75) is 6.92 Å². The maximum atomic E-state index is 11.1. The van der Waals surface area contributed by atoms with Crippen LogP contribution in [-0.4, -0.2) is 20.2 Å². The van der Waals surface area contributed by atoms with Gasteiger partial charge in [-0.25, -0.2) is 4.98 Å². The maximum absolute atomic E-state index is 11.1. The van der Waals surface area contributed by atoms with E-state index in [0.717, 1.165) is 0 Å². The third kappa shape index (κ3) is 1.19. The Morgan fingerprint density at radius 1 is 1.62 bits per heavy atom. The SMILES string of the molecule is CC(=O)c1nc(Cl)n2ccncc12. The molecule has 2 rings (SSSR count). The van der Waals surface area contributed by atoms with Crippen LogP contribution in [-0.2, 0) is 0 Å². The highest BCUT2D eigenvalue weighted by atomic mass is 35.5. The molecule has 4 nitrogen and oxygen atoms in total. The van der Waals surface area contributed by atoms with E-state index < -0.39 is 0 Å². The first-order chi connectivity index (χ1) is 6.20. The molecule has 0 aliphatic rings. The number of halogens is 1. The largest absolute Gasteiger partial charge is 0.293 e. The number of aromatic nitrogens is 3. The molecule has 0 N–H and O–H groups in total. The van der Waals surface area contributed by atoms with Crippen LogP contribution in [0.3, 0.4) is 0 Å². The van der Waals surface area contributed by atoms with Crippen molar-refractivity contribution in [3.63, 3.8) is 0 Å². The summed E-state index contributed by atoms with van der Waals surface area (Å²) < 4.78 is 1.62. The van der Waals surface area contributed by atoms with Gasteiger partial charge in [0.2, 0.25) is 5.28 Å². The summed E-state index contributed by atoms with van der Waals surface area (Å²) in [6, 6.07) is 0. The summed E-state index contributed by atoms with van der Waals surface area (Å²) in [6.45, 7) is 1.45. The van der Waals surface area contributed by atoms with Crippen molar-refractivity contribution < 1.29 is 4.79 Å². The lowest BCUT2D eigenvalue weighted by Gasteiger charge is -1.92. The molecule has 5 heteroatoms. The lowest BCUT2D eigenvalue weighted by molar-refractivity contribution is 0.101. The molecule has 0 saturated heterocycles. The van der Waals surface area contributed by atoms with Crippen molar-refractivity contribution in [1.82, 2.24) is 14.4 Å². The van der Waals surface area contributed by atoms with Crippen molar-refractivity contribution in [3.05, 3.63) is 29.6 Å². The molecule has 0 fully saturated rings. The molecule has 13 heavy (non-hydrogen) atoms. The monoisotopic (exact) mass is 195 g/mol. The summed E-state index contributed by atoms with van der Waals surface area (Å²) in [6.07, 6.45) is 4.82. The Balaban J connectivity index is 2.85. The molecule has 2 heterocycles. The van der Waals surface area contributed by atoms with E-state index in [-0.39, 0.29) is 11.1 Å². The topological polar surface area (TPSA) is 47.3 Å². The summed E-state index contributed by atoms with van der Waals surface area (Å²) in [5, 5.41) is 0.280. The van der Waals surface area contributed by atoms with Crippen LogP contribution in [0.5, 0.6) is 0 Å². The number of hydrogen-bond donors (Lipinski definition) is 0. The second kappa shape index (κ2) is 2.81. The average Bonchev–Trinajstić information content (AvgIpc) is 2.45. The molecule has 0 bridgehead atoms. The molecule has 0 atom stereocenters. The van der Waals surface area contributed by atoms with Gasteiger partial charge in [-0.15, -0.1) is 0 Å². The molecular formula is C8H6ClN3O. The minimum absolute atomic E-state index is 0.114. The smallest absolute Gasteiger partial charge is 0.208 e. The summed E-state index contributed by atoms with van der Waals surface area (Å²) in [5.41, 5.74) is 0.998. The Kier molecular flexibility index (Phi) is 1.77. The Labute approximate surface area is 79.2 Å². The van der Waals surface area contributed by atoms with Crippen LogP contribution in [0.2, 0.25) is 5.28 Å². The third-order valence-corrected chi connectivity index (χ3v) is 2.00. The standard InChI is InChI=1S/C8H6ClN3O/c1-5(13)7-6-4-10-2-3-12(6)8(9)11-7/h2-4H,1H3. The number of carbonyl (C=O) groups excluding carboxylic acids is 1. The fourth-order valence-corrected chi connectivity index (χ4v) is 1.39. The highest BCUT2D eigenvalue weighted by Crippen LogP contribution is 2.15. The number of fused-ring (bicyclic) bond motifs is 1. The maximum Gasteiger partial charge on any atom is 0.208 e. The van der Waals surface area contributed by atoms with Crippen LogP contribution in [0.4, 0.5) is 0 Å². The van der Waals surface area contributed by atoms with Crippen molar-refractivity contribution in [2.24, 2.45) is 0 Å². The number of hydrogen-bond acceptors (Lipinski definition) is 3. The molecular weight excluding hydrogens is 190 g/mol. The van der Waals surface area contributed by atoms with Crippen LogP contribution in [0.25, 0.3) is 5.52 Å². The lowest BCUT2D eigenvalue weighted by atomic mass is 10.3. The number of ketones is 1. The van der Waals surface area contributed by atoms with E-state index >= 15 is 0 Å². The normalized spacial score (nSPS) is 10.6. The molecule has 0 aromatic carbocycles. The number of imidazole rings is 1. The number of nitrogens with zero attached hydrogens (tertiary/aromatic N) is 3. The molecule has 2 aromatic heterocycles. The fourth-order valence-electron chi connectivity index (χ4n) is 1.16. The molecule has 0 aliphatic heterocycles. The van der Waals surface area contributed by atoms with Gasteiger partial charge in [-0.1, -0.05) is 0 Å². The number of rotatable bonds is 1. The Bertz CT molecular complexity index is 477. The highest BCUT2D eigenvalue weighted by molar-refractivity contribution is 6.29. The second-order valence-corrected chi connectivity index (χ2v) is 2.96. The molecule has 0 unspecified atom stereocenters. The number of carbonyl (C=O) groups is 1. The summed E-state index contributed by atoms with van der Waals surface area (Å²) in [4.78, 5) is 18.9. The Morgan fingerprint density at radius 2 is 2.38 bits per heavy atom. The molecule has 66 valence electrons.